The van der Waals surface area contributed by atoms with Crippen LogP contribution in [0.2, 0.25) is 0 Å². The maximum Gasteiger partial charge on any atom is 0.437 e. The van der Waals surface area contributed by atoms with Crippen molar-refractivity contribution < 1.29 is 17.7 Å². The van der Waals surface area contributed by atoms with Crippen LogP contribution < -0.4 is 0 Å². The van der Waals surface area contributed by atoms with Gasteiger partial charge in [-0.2, -0.15) is 13.2 Å². The van der Waals surface area contributed by atoms with Crippen molar-refractivity contribution in [3.63, 3.8) is 0 Å². The van der Waals surface area contributed by atoms with Crippen LogP contribution in [0.15, 0.2) is 27.2 Å². The van der Waals surface area contributed by atoms with Gasteiger partial charge in [-0.25, -0.2) is 0 Å². The van der Waals surface area contributed by atoms with Gasteiger partial charge in [-0.15, -0.1) is 0 Å². The van der Waals surface area contributed by atoms with E-state index in [0.717, 1.165) is 0 Å². The van der Waals surface area contributed by atoms with E-state index >= 15 is 0 Å². The van der Waals surface area contributed by atoms with E-state index in [9.17, 15) is 13.2 Å². The Kier molecular flexibility index (Phi) is 2.02. The average Bonchev–Trinajstić information content (AvgIpc) is 2.45. The van der Waals surface area contributed by atoms with Gasteiger partial charge in [0, 0.05) is 4.47 Å². The second-order valence-corrected chi connectivity index (χ2v) is 3.59. The monoisotopic (exact) mass is 265 g/mol. The zero-order valence-electron chi connectivity index (χ0n) is 6.60. The molecular weight excluding hydrogens is 263 g/mol. The van der Waals surface area contributed by atoms with Gasteiger partial charge in [0.25, 0.3) is 0 Å². The molecule has 1 heterocycles. The van der Waals surface area contributed by atoms with Gasteiger partial charge < -0.3 is 4.52 Å². The molecule has 0 atom stereocenters. The Morgan fingerprint density at radius 1 is 1.29 bits per heavy atom. The molecule has 0 spiro atoms. The van der Waals surface area contributed by atoms with E-state index < -0.39 is 11.9 Å². The number of rotatable bonds is 0. The highest BCUT2D eigenvalue weighted by Gasteiger charge is 2.36. The summed E-state index contributed by atoms with van der Waals surface area (Å²) in [5, 5.41) is 2.96. The van der Waals surface area contributed by atoms with Gasteiger partial charge in [0.2, 0.25) is 0 Å². The second-order valence-electron chi connectivity index (χ2n) is 2.67. The molecule has 0 aliphatic rings. The SMILES string of the molecule is FC(F)(F)c1noc2cc(Br)ccc12. The molecule has 0 saturated heterocycles. The fourth-order valence-electron chi connectivity index (χ4n) is 1.12. The van der Waals surface area contributed by atoms with Crippen molar-refractivity contribution in [2.24, 2.45) is 0 Å². The molecule has 0 N–H and O–H groups in total. The van der Waals surface area contributed by atoms with Crippen molar-refractivity contribution >= 4 is 26.9 Å². The number of hydrogen-bond donors (Lipinski definition) is 0. The molecule has 0 saturated carbocycles. The number of aromatic nitrogens is 1. The summed E-state index contributed by atoms with van der Waals surface area (Å²) in [6.07, 6.45) is -4.47. The first-order chi connectivity index (χ1) is 6.48. The van der Waals surface area contributed by atoms with E-state index in [2.05, 4.69) is 25.6 Å². The van der Waals surface area contributed by atoms with Crippen LogP contribution in [-0.4, -0.2) is 5.16 Å². The van der Waals surface area contributed by atoms with Crippen molar-refractivity contribution in [2.45, 2.75) is 6.18 Å². The standard InChI is InChI=1S/C8H3BrF3NO/c9-4-1-2-5-6(3-4)14-13-7(5)8(10,11)12/h1-3H. The van der Waals surface area contributed by atoms with Crippen LogP contribution >= 0.6 is 15.9 Å². The number of benzene rings is 1. The quantitative estimate of drug-likeness (QED) is 0.728. The van der Waals surface area contributed by atoms with Crippen molar-refractivity contribution in [3.8, 4) is 0 Å². The Balaban J connectivity index is 2.70. The number of alkyl halides is 3. The lowest BCUT2D eigenvalue weighted by Gasteiger charge is -2.00. The average molecular weight is 266 g/mol. The summed E-state index contributed by atoms with van der Waals surface area (Å²) >= 11 is 3.12. The molecule has 1 aromatic carbocycles. The van der Waals surface area contributed by atoms with Crippen LogP contribution in [0.1, 0.15) is 5.69 Å². The molecule has 6 heteroatoms. The van der Waals surface area contributed by atoms with E-state index in [1.54, 1.807) is 0 Å². The van der Waals surface area contributed by atoms with Crippen LogP contribution in [0.5, 0.6) is 0 Å². The number of hydrogen-bond acceptors (Lipinski definition) is 2. The van der Waals surface area contributed by atoms with Crippen LogP contribution in [0, 0.1) is 0 Å². The largest absolute Gasteiger partial charge is 0.437 e. The molecular formula is C8H3BrF3NO. The molecule has 0 radical (unpaired) electrons. The normalized spacial score (nSPS) is 12.3. The summed E-state index contributed by atoms with van der Waals surface area (Å²) < 4.78 is 42.2. The summed E-state index contributed by atoms with van der Waals surface area (Å²) in [7, 11) is 0. The Labute approximate surface area is 84.8 Å². The van der Waals surface area contributed by atoms with Crippen molar-refractivity contribution in [1.82, 2.24) is 5.16 Å². The molecule has 0 aliphatic heterocycles. The Hall–Kier alpha value is -1.04. The molecule has 0 amide bonds. The Morgan fingerprint density at radius 3 is 2.64 bits per heavy atom. The second kappa shape index (κ2) is 2.98. The predicted octanol–water partition coefficient (Wildman–Crippen LogP) is 3.61. The fraction of sp³-hybridized carbons (Fsp3) is 0.125. The molecule has 0 unspecified atom stereocenters. The molecule has 14 heavy (non-hydrogen) atoms. The third-order valence-corrected chi connectivity index (χ3v) is 2.20. The van der Waals surface area contributed by atoms with Crippen LogP contribution in [0.3, 0.4) is 0 Å². The first kappa shape index (κ1) is 9.51. The molecule has 0 aliphatic carbocycles. The van der Waals surface area contributed by atoms with E-state index in [-0.39, 0.29) is 11.0 Å². The minimum atomic E-state index is -4.47. The van der Waals surface area contributed by atoms with E-state index in [0.29, 0.717) is 4.47 Å². The van der Waals surface area contributed by atoms with Gasteiger partial charge in [-0.05, 0) is 18.2 Å². The van der Waals surface area contributed by atoms with Gasteiger partial charge >= 0.3 is 6.18 Å². The number of fused-ring (bicyclic) bond motifs is 1. The highest BCUT2D eigenvalue weighted by Crippen LogP contribution is 2.34. The van der Waals surface area contributed by atoms with Gasteiger partial charge in [-0.1, -0.05) is 21.1 Å². The Morgan fingerprint density at radius 2 is 2.00 bits per heavy atom. The van der Waals surface area contributed by atoms with Crippen LogP contribution in [0.4, 0.5) is 13.2 Å². The zero-order valence-corrected chi connectivity index (χ0v) is 8.19. The maximum atomic E-state index is 12.3. The summed E-state index contributed by atoms with van der Waals surface area (Å²) in [5.74, 6) is 0. The van der Waals surface area contributed by atoms with E-state index in [4.69, 9.17) is 0 Å². The van der Waals surface area contributed by atoms with Crippen molar-refractivity contribution in [3.05, 3.63) is 28.4 Å². The van der Waals surface area contributed by atoms with E-state index in [1.165, 1.54) is 18.2 Å². The van der Waals surface area contributed by atoms with Crippen LogP contribution in [0.25, 0.3) is 11.0 Å². The van der Waals surface area contributed by atoms with Crippen LogP contribution in [-0.2, 0) is 6.18 Å². The number of nitrogens with zero attached hydrogens (tertiary/aromatic N) is 1. The van der Waals surface area contributed by atoms with Crippen molar-refractivity contribution in [2.75, 3.05) is 0 Å². The highest BCUT2D eigenvalue weighted by atomic mass is 79.9. The molecule has 0 bridgehead atoms. The molecule has 2 rings (SSSR count). The summed E-state index contributed by atoms with van der Waals surface area (Å²) in [5.41, 5.74) is -0.869. The highest BCUT2D eigenvalue weighted by molar-refractivity contribution is 9.10. The third-order valence-electron chi connectivity index (χ3n) is 1.70. The summed E-state index contributed by atoms with van der Waals surface area (Å²) in [6, 6.07) is 4.27. The first-order valence-corrected chi connectivity index (χ1v) is 4.40. The minimum Gasteiger partial charge on any atom is -0.356 e. The van der Waals surface area contributed by atoms with Gasteiger partial charge in [0.1, 0.15) is 0 Å². The molecule has 2 nitrogen and oxygen atoms in total. The zero-order chi connectivity index (χ0) is 10.3. The minimum absolute atomic E-state index is 0.0271. The van der Waals surface area contributed by atoms with Gasteiger partial charge in [0.15, 0.2) is 11.3 Å². The number of halogens is 4. The third kappa shape index (κ3) is 1.50. The summed E-state index contributed by atoms with van der Waals surface area (Å²) in [4.78, 5) is 0. The maximum absolute atomic E-state index is 12.3. The van der Waals surface area contributed by atoms with E-state index in [1.807, 2.05) is 0 Å². The Bertz CT molecular complexity index is 477. The molecule has 2 aromatic rings. The van der Waals surface area contributed by atoms with Gasteiger partial charge in [0.05, 0.1) is 5.39 Å². The topological polar surface area (TPSA) is 26.0 Å². The molecule has 74 valence electrons. The lowest BCUT2D eigenvalue weighted by molar-refractivity contribution is -0.141. The summed E-state index contributed by atoms with van der Waals surface area (Å²) in [6.45, 7) is 0. The first-order valence-electron chi connectivity index (χ1n) is 3.60. The molecule has 1 aromatic heterocycles. The smallest absolute Gasteiger partial charge is 0.356 e. The predicted molar refractivity (Wildman–Crippen MR) is 46.7 cm³/mol. The lowest BCUT2D eigenvalue weighted by Crippen LogP contribution is -2.05. The fourth-order valence-corrected chi connectivity index (χ4v) is 1.46. The lowest BCUT2D eigenvalue weighted by atomic mass is 10.2. The van der Waals surface area contributed by atoms with Crippen molar-refractivity contribution in [1.29, 1.82) is 0 Å². The molecule has 0 fully saturated rings. The van der Waals surface area contributed by atoms with Gasteiger partial charge in [-0.3, -0.25) is 0 Å².